The number of ether oxygens (including phenoxy) is 1. The summed E-state index contributed by atoms with van der Waals surface area (Å²) in [5, 5.41) is 0. The van der Waals surface area contributed by atoms with Gasteiger partial charge < -0.3 is 4.74 Å². The van der Waals surface area contributed by atoms with E-state index in [9.17, 15) is 26.4 Å². The molecule has 0 radical (unpaired) electrons. The molecular formula is C13H24O9S2. The van der Waals surface area contributed by atoms with Gasteiger partial charge in [-0.15, -0.1) is 0 Å². The fourth-order valence-corrected chi connectivity index (χ4v) is 3.51. The van der Waals surface area contributed by atoms with Crippen molar-refractivity contribution in [3.63, 3.8) is 0 Å². The fourth-order valence-electron chi connectivity index (χ4n) is 1.54. The Morgan fingerprint density at radius 2 is 1.25 bits per heavy atom. The van der Waals surface area contributed by atoms with E-state index in [1.54, 1.807) is 6.92 Å². The van der Waals surface area contributed by atoms with Crippen molar-refractivity contribution < 1.29 is 39.5 Å². The zero-order valence-electron chi connectivity index (χ0n) is 13.9. The molecule has 142 valence electrons. The highest BCUT2D eigenvalue weighted by Crippen LogP contribution is 2.07. The topological polar surface area (TPSA) is 130 Å². The minimum absolute atomic E-state index is 0.140. The lowest BCUT2D eigenvalue weighted by molar-refractivity contribution is -0.145. The monoisotopic (exact) mass is 388 g/mol. The van der Waals surface area contributed by atoms with Crippen molar-refractivity contribution in [1.29, 1.82) is 0 Å². The van der Waals surface area contributed by atoms with Crippen LogP contribution in [0.2, 0.25) is 0 Å². The van der Waals surface area contributed by atoms with Crippen LogP contribution in [0.25, 0.3) is 0 Å². The highest BCUT2D eigenvalue weighted by atomic mass is 32.2. The molecular weight excluding hydrogens is 364 g/mol. The lowest BCUT2D eigenvalue weighted by atomic mass is 10.2. The molecule has 0 aromatic rings. The molecule has 0 heterocycles. The first-order chi connectivity index (χ1) is 11.1. The molecule has 0 amide bonds. The molecule has 0 saturated heterocycles. The van der Waals surface area contributed by atoms with E-state index in [1.807, 2.05) is 0 Å². The molecule has 0 rings (SSSR count). The predicted molar refractivity (Wildman–Crippen MR) is 85.3 cm³/mol. The minimum atomic E-state index is -3.81. The highest BCUT2D eigenvalue weighted by Gasteiger charge is 2.15. The Balaban J connectivity index is 3.85. The first kappa shape index (κ1) is 23.0. The van der Waals surface area contributed by atoms with Gasteiger partial charge in [-0.25, -0.2) is 4.79 Å². The molecule has 0 aliphatic carbocycles. The van der Waals surface area contributed by atoms with E-state index in [0.29, 0.717) is 19.3 Å². The Labute approximate surface area is 142 Å². The van der Waals surface area contributed by atoms with E-state index in [1.165, 1.54) is 6.92 Å². The predicted octanol–water partition coefficient (Wildman–Crippen LogP) is 0.392. The zero-order valence-corrected chi connectivity index (χ0v) is 15.5. The van der Waals surface area contributed by atoms with Gasteiger partial charge in [0, 0.05) is 0 Å². The quantitative estimate of drug-likeness (QED) is 0.235. The summed E-state index contributed by atoms with van der Waals surface area (Å²) in [6.45, 7) is 1.83. The smallest absolute Gasteiger partial charge is 0.333 e. The van der Waals surface area contributed by atoms with E-state index in [-0.39, 0.29) is 30.3 Å². The maximum atomic E-state index is 11.5. The summed E-state index contributed by atoms with van der Waals surface area (Å²) < 4.78 is 59.3. The maximum absolute atomic E-state index is 11.5. The molecule has 0 aromatic carbocycles. The lowest BCUT2D eigenvalue weighted by Gasteiger charge is -2.06. The molecule has 24 heavy (non-hydrogen) atoms. The van der Waals surface area contributed by atoms with Crippen molar-refractivity contribution in [1.82, 2.24) is 0 Å². The van der Waals surface area contributed by atoms with E-state index < -0.39 is 39.4 Å². The third-order valence-corrected chi connectivity index (χ3v) is 5.17. The largest absolute Gasteiger partial charge is 0.464 e. The lowest BCUT2D eigenvalue weighted by Crippen LogP contribution is -2.18. The Morgan fingerprint density at radius 1 is 0.792 bits per heavy atom. The Hall–Kier alpha value is -1.04. The van der Waals surface area contributed by atoms with Gasteiger partial charge in [0.1, 0.15) is 6.61 Å². The van der Waals surface area contributed by atoms with E-state index in [2.05, 4.69) is 13.1 Å². The SMILES string of the molecule is CCOC(=O)COS(=O)(=O)CCCCCCS(=O)(=O)OCC(C)=O. The average Bonchev–Trinajstić information content (AvgIpc) is 2.47. The number of esters is 1. The number of rotatable bonds is 14. The van der Waals surface area contributed by atoms with Gasteiger partial charge in [0.2, 0.25) is 0 Å². The van der Waals surface area contributed by atoms with Crippen molar-refractivity contribution in [2.45, 2.75) is 39.5 Å². The summed E-state index contributed by atoms with van der Waals surface area (Å²) in [7, 11) is -7.54. The van der Waals surface area contributed by atoms with Crippen LogP contribution in [0.5, 0.6) is 0 Å². The summed E-state index contributed by atoms with van der Waals surface area (Å²) in [5.74, 6) is -1.63. The summed E-state index contributed by atoms with van der Waals surface area (Å²) in [4.78, 5) is 21.6. The number of ketones is 1. The van der Waals surface area contributed by atoms with E-state index in [0.717, 1.165) is 0 Å². The Bertz CT molecular complexity index is 593. The number of hydrogen-bond donors (Lipinski definition) is 0. The third kappa shape index (κ3) is 13.4. The van der Waals surface area contributed by atoms with Crippen LogP contribution in [0, 0.1) is 0 Å². The molecule has 0 atom stereocenters. The number of carbonyl (C=O) groups is 2. The molecule has 0 aliphatic rings. The molecule has 0 aromatic heterocycles. The summed E-state index contributed by atoms with van der Waals surface area (Å²) >= 11 is 0. The number of Topliss-reactive ketones (excluding diaryl/α,β-unsaturated/α-hetero) is 1. The van der Waals surface area contributed by atoms with E-state index >= 15 is 0 Å². The van der Waals surface area contributed by atoms with Gasteiger partial charge in [0.05, 0.1) is 18.1 Å². The van der Waals surface area contributed by atoms with Crippen molar-refractivity contribution in [3.8, 4) is 0 Å². The fraction of sp³-hybridized carbons (Fsp3) is 0.846. The van der Waals surface area contributed by atoms with Crippen LogP contribution >= 0.6 is 0 Å². The minimum Gasteiger partial charge on any atom is -0.464 e. The van der Waals surface area contributed by atoms with Gasteiger partial charge in [-0.1, -0.05) is 12.8 Å². The molecule has 0 fully saturated rings. The van der Waals surface area contributed by atoms with Gasteiger partial charge in [-0.3, -0.25) is 13.2 Å². The summed E-state index contributed by atoms with van der Waals surface area (Å²) in [6.07, 6.45) is 1.53. The summed E-state index contributed by atoms with van der Waals surface area (Å²) in [6, 6.07) is 0. The van der Waals surface area contributed by atoms with E-state index in [4.69, 9.17) is 0 Å². The van der Waals surface area contributed by atoms with Crippen LogP contribution in [0.4, 0.5) is 0 Å². The second kappa shape index (κ2) is 11.5. The first-order valence-electron chi connectivity index (χ1n) is 7.47. The molecule has 0 aliphatic heterocycles. The molecule has 0 bridgehead atoms. The van der Waals surface area contributed by atoms with Crippen molar-refractivity contribution in [2.75, 3.05) is 31.3 Å². The van der Waals surface area contributed by atoms with Crippen molar-refractivity contribution >= 4 is 32.0 Å². The molecule has 9 nitrogen and oxygen atoms in total. The number of hydrogen-bond acceptors (Lipinski definition) is 9. The van der Waals surface area contributed by atoms with Crippen LogP contribution in [-0.4, -0.2) is 59.9 Å². The van der Waals surface area contributed by atoms with Crippen LogP contribution in [0.3, 0.4) is 0 Å². The van der Waals surface area contributed by atoms with Gasteiger partial charge >= 0.3 is 5.97 Å². The summed E-state index contributed by atoms with van der Waals surface area (Å²) in [5.41, 5.74) is 0. The van der Waals surface area contributed by atoms with Crippen molar-refractivity contribution in [3.05, 3.63) is 0 Å². The molecule has 0 saturated carbocycles. The van der Waals surface area contributed by atoms with Gasteiger partial charge in [0.25, 0.3) is 20.2 Å². The molecule has 0 spiro atoms. The highest BCUT2D eigenvalue weighted by molar-refractivity contribution is 7.86. The van der Waals surface area contributed by atoms with Gasteiger partial charge in [-0.2, -0.15) is 16.8 Å². The molecule has 0 unspecified atom stereocenters. The van der Waals surface area contributed by atoms with Gasteiger partial charge in [-0.05, 0) is 26.7 Å². The average molecular weight is 388 g/mol. The van der Waals surface area contributed by atoms with Crippen molar-refractivity contribution in [2.24, 2.45) is 0 Å². The number of unbranched alkanes of at least 4 members (excludes halogenated alkanes) is 3. The third-order valence-electron chi connectivity index (χ3n) is 2.64. The van der Waals surface area contributed by atoms with Gasteiger partial charge in [0.15, 0.2) is 12.4 Å². The second-order valence-electron chi connectivity index (χ2n) is 4.97. The normalized spacial score (nSPS) is 12.1. The molecule has 11 heteroatoms. The molecule has 0 N–H and O–H groups in total. The van der Waals surface area contributed by atoms with Crippen LogP contribution in [0.1, 0.15) is 39.5 Å². The standard InChI is InChI=1S/C13H24O9S2/c1-3-20-13(15)11-22-24(18,19)9-7-5-4-6-8-23(16,17)21-10-12(2)14/h3-11H2,1-2H3. The second-order valence-corrected chi connectivity index (χ2v) is 8.49. The van der Waals surface area contributed by atoms with Crippen LogP contribution < -0.4 is 0 Å². The Morgan fingerprint density at radius 3 is 1.67 bits per heavy atom. The first-order valence-corrected chi connectivity index (χ1v) is 10.6. The maximum Gasteiger partial charge on any atom is 0.333 e. The Kier molecular flexibility index (Phi) is 11.0. The number of carbonyl (C=O) groups excluding carboxylic acids is 2. The zero-order chi connectivity index (χ0) is 18.6. The van der Waals surface area contributed by atoms with Crippen LogP contribution in [-0.2, 0) is 42.9 Å². The van der Waals surface area contributed by atoms with Crippen LogP contribution in [0.15, 0.2) is 0 Å².